The first kappa shape index (κ1) is 19.8. The third kappa shape index (κ3) is 4.54. The van der Waals surface area contributed by atoms with E-state index in [0.29, 0.717) is 34.5 Å². The third-order valence-corrected chi connectivity index (χ3v) is 4.83. The van der Waals surface area contributed by atoms with Crippen molar-refractivity contribution >= 4 is 17.0 Å². The number of fused-ring (bicyclic) bond motifs is 1. The number of aromatic nitrogens is 2. The van der Waals surface area contributed by atoms with Gasteiger partial charge in [-0.1, -0.05) is 24.3 Å². The molecule has 2 heterocycles. The van der Waals surface area contributed by atoms with Crippen LogP contribution in [0.4, 0.5) is 4.39 Å². The van der Waals surface area contributed by atoms with E-state index in [-0.39, 0.29) is 24.2 Å². The Labute approximate surface area is 174 Å². The van der Waals surface area contributed by atoms with E-state index in [1.807, 2.05) is 32.0 Å². The highest BCUT2D eigenvalue weighted by molar-refractivity contribution is 5.97. The molecule has 0 aliphatic heterocycles. The molecule has 1 atom stereocenters. The molecule has 0 fully saturated rings. The van der Waals surface area contributed by atoms with E-state index in [9.17, 15) is 9.18 Å². The number of pyridine rings is 1. The van der Waals surface area contributed by atoms with Gasteiger partial charge in [-0.3, -0.25) is 9.78 Å². The first-order valence-electron chi connectivity index (χ1n) is 9.84. The quantitative estimate of drug-likeness (QED) is 0.510. The van der Waals surface area contributed by atoms with Crippen LogP contribution in [0.2, 0.25) is 0 Å². The molecule has 0 aliphatic rings. The summed E-state index contributed by atoms with van der Waals surface area (Å²) in [6.07, 6.45) is 0.897. The van der Waals surface area contributed by atoms with Crippen molar-refractivity contribution in [1.82, 2.24) is 15.3 Å². The summed E-state index contributed by atoms with van der Waals surface area (Å²) in [5.74, 6) is -0.0763. The molecule has 0 radical (unpaired) electrons. The van der Waals surface area contributed by atoms with Gasteiger partial charge in [0.25, 0.3) is 5.91 Å². The van der Waals surface area contributed by atoms with Crippen LogP contribution in [-0.4, -0.2) is 21.9 Å². The summed E-state index contributed by atoms with van der Waals surface area (Å²) in [7, 11) is 0. The van der Waals surface area contributed by atoms with Gasteiger partial charge in [0.15, 0.2) is 11.5 Å². The number of halogens is 1. The van der Waals surface area contributed by atoms with Gasteiger partial charge in [-0.25, -0.2) is 9.37 Å². The van der Waals surface area contributed by atoms with Crippen LogP contribution < -0.4 is 5.32 Å². The fourth-order valence-corrected chi connectivity index (χ4v) is 3.38. The van der Waals surface area contributed by atoms with Gasteiger partial charge >= 0.3 is 0 Å². The zero-order valence-corrected chi connectivity index (χ0v) is 16.9. The molecule has 0 unspecified atom stereocenters. The second kappa shape index (κ2) is 8.45. The summed E-state index contributed by atoms with van der Waals surface area (Å²) in [6.45, 7) is 3.89. The number of benzene rings is 2. The largest absolute Gasteiger partial charge is 0.440 e. The predicted octanol–water partition coefficient (Wildman–Crippen LogP) is 4.62. The van der Waals surface area contributed by atoms with Crippen LogP contribution in [0.1, 0.15) is 40.1 Å². The van der Waals surface area contributed by atoms with Crippen LogP contribution in [0.25, 0.3) is 11.1 Å². The standard InChI is InChI=1S/C24H22FN3O2/c1-15-6-5-8-19(26-15)12-16(2)27-24(29)18-10-11-21-22(13-18)30-23(28-21)14-17-7-3-4-9-20(17)25/h3-11,13,16H,12,14H2,1-2H3,(H,27,29)/t16-/m1/s1. The number of hydrogen-bond donors (Lipinski definition) is 1. The number of nitrogens with one attached hydrogen (secondary N) is 1. The van der Waals surface area contributed by atoms with Crippen molar-refractivity contribution in [2.75, 3.05) is 0 Å². The number of oxazole rings is 1. The van der Waals surface area contributed by atoms with Crippen molar-refractivity contribution in [3.05, 3.63) is 94.9 Å². The second-order valence-electron chi connectivity index (χ2n) is 7.41. The van der Waals surface area contributed by atoms with E-state index in [1.54, 1.807) is 36.4 Å². The number of aryl methyl sites for hydroxylation is 1. The van der Waals surface area contributed by atoms with E-state index >= 15 is 0 Å². The molecular formula is C24H22FN3O2. The molecule has 2 aromatic carbocycles. The Morgan fingerprint density at radius 3 is 2.73 bits per heavy atom. The number of hydrogen-bond acceptors (Lipinski definition) is 4. The molecule has 1 amide bonds. The number of carbonyl (C=O) groups is 1. The van der Waals surface area contributed by atoms with Crippen molar-refractivity contribution < 1.29 is 13.6 Å². The SMILES string of the molecule is Cc1cccc(C[C@@H](C)NC(=O)c2ccc3nc(Cc4ccccc4F)oc3c2)n1. The van der Waals surface area contributed by atoms with Crippen LogP contribution in [0, 0.1) is 12.7 Å². The smallest absolute Gasteiger partial charge is 0.251 e. The zero-order chi connectivity index (χ0) is 21.1. The van der Waals surface area contributed by atoms with Crippen molar-refractivity contribution in [3.63, 3.8) is 0 Å². The lowest BCUT2D eigenvalue weighted by Crippen LogP contribution is -2.34. The minimum atomic E-state index is -0.295. The van der Waals surface area contributed by atoms with Gasteiger partial charge in [-0.05, 0) is 55.8 Å². The summed E-state index contributed by atoms with van der Waals surface area (Å²) < 4.78 is 19.6. The Kier molecular flexibility index (Phi) is 5.57. The van der Waals surface area contributed by atoms with Gasteiger partial charge in [0.2, 0.25) is 0 Å². The summed E-state index contributed by atoms with van der Waals surface area (Å²) in [6, 6.07) is 17.4. The van der Waals surface area contributed by atoms with Gasteiger partial charge in [0.1, 0.15) is 11.3 Å². The monoisotopic (exact) mass is 403 g/mol. The normalized spacial score (nSPS) is 12.1. The van der Waals surface area contributed by atoms with E-state index in [1.165, 1.54) is 6.07 Å². The summed E-state index contributed by atoms with van der Waals surface area (Å²) in [5, 5.41) is 2.99. The minimum Gasteiger partial charge on any atom is -0.440 e. The van der Waals surface area contributed by atoms with Crippen LogP contribution in [-0.2, 0) is 12.8 Å². The maximum atomic E-state index is 13.9. The minimum absolute atomic E-state index is 0.0751. The molecule has 4 rings (SSSR count). The van der Waals surface area contributed by atoms with Crippen LogP contribution in [0.15, 0.2) is 65.1 Å². The van der Waals surface area contributed by atoms with E-state index < -0.39 is 0 Å². The summed E-state index contributed by atoms with van der Waals surface area (Å²) >= 11 is 0. The maximum Gasteiger partial charge on any atom is 0.251 e. The van der Waals surface area contributed by atoms with Gasteiger partial charge in [0, 0.05) is 29.4 Å². The Balaban J connectivity index is 1.46. The first-order valence-corrected chi connectivity index (χ1v) is 9.84. The number of carbonyl (C=O) groups excluding carboxylic acids is 1. The average Bonchev–Trinajstić information content (AvgIpc) is 3.11. The number of amides is 1. The molecule has 2 aromatic heterocycles. The van der Waals surface area contributed by atoms with Gasteiger partial charge in [-0.15, -0.1) is 0 Å². The molecule has 152 valence electrons. The van der Waals surface area contributed by atoms with Crippen molar-refractivity contribution in [1.29, 1.82) is 0 Å². The van der Waals surface area contributed by atoms with Gasteiger partial charge < -0.3 is 9.73 Å². The second-order valence-corrected chi connectivity index (χ2v) is 7.41. The molecule has 0 saturated carbocycles. The van der Waals surface area contributed by atoms with Crippen LogP contribution in [0.3, 0.4) is 0 Å². The third-order valence-electron chi connectivity index (χ3n) is 4.83. The Morgan fingerprint density at radius 2 is 1.93 bits per heavy atom. The Bertz CT molecular complexity index is 1200. The molecule has 0 spiro atoms. The highest BCUT2D eigenvalue weighted by atomic mass is 19.1. The van der Waals surface area contributed by atoms with E-state index in [0.717, 1.165) is 11.4 Å². The number of rotatable bonds is 6. The molecular weight excluding hydrogens is 381 g/mol. The Hall–Kier alpha value is -3.54. The van der Waals surface area contributed by atoms with Crippen molar-refractivity contribution in [2.24, 2.45) is 0 Å². The molecule has 0 aliphatic carbocycles. The predicted molar refractivity (Wildman–Crippen MR) is 113 cm³/mol. The maximum absolute atomic E-state index is 13.9. The fourth-order valence-electron chi connectivity index (χ4n) is 3.38. The molecule has 4 aromatic rings. The van der Waals surface area contributed by atoms with Crippen molar-refractivity contribution in [3.8, 4) is 0 Å². The summed E-state index contributed by atoms with van der Waals surface area (Å²) in [4.78, 5) is 21.5. The lowest BCUT2D eigenvalue weighted by molar-refractivity contribution is 0.0940. The molecule has 0 bridgehead atoms. The Morgan fingerprint density at radius 1 is 1.10 bits per heavy atom. The zero-order valence-electron chi connectivity index (χ0n) is 16.9. The topological polar surface area (TPSA) is 68.0 Å². The van der Waals surface area contributed by atoms with Crippen LogP contribution >= 0.6 is 0 Å². The highest BCUT2D eigenvalue weighted by Gasteiger charge is 2.14. The molecule has 6 heteroatoms. The van der Waals surface area contributed by atoms with E-state index in [2.05, 4.69) is 15.3 Å². The lowest BCUT2D eigenvalue weighted by atomic mass is 10.1. The lowest BCUT2D eigenvalue weighted by Gasteiger charge is -2.13. The van der Waals surface area contributed by atoms with Crippen LogP contribution in [0.5, 0.6) is 0 Å². The number of nitrogens with zero attached hydrogens (tertiary/aromatic N) is 2. The van der Waals surface area contributed by atoms with Crippen molar-refractivity contribution in [2.45, 2.75) is 32.7 Å². The molecule has 5 nitrogen and oxygen atoms in total. The van der Waals surface area contributed by atoms with Gasteiger partial charge in [0.05, 0.1) is 6.42 Å². The molecule has 0 saturated heterocycles. The summed E-state index contributed by atoms with van der Waals surface area (Å²) in [5.41, 5.74) is 4.02. The highest BCUT2D eigenvalue weighted by Crippen LogP contribution is 2.20. The molecule has 30 heavy (non-hydrogen) atoms. The first-order chi connectivity index (χ1) is 14.5. The molecule has 1 N–H and O–H groups in total. The van der Waals surface area contributed by atoms with E-state index in [4.69, 9.17) is 4.42 Å². The van der Waals surface area contributed by atoms with Gasteiger partial charge in [-0.2, -0.15) is 0 Å². The fraction of sp³-hybridized carbons (Fsp3) is 0.208. The average molecular weight is 403 g/mol.